The summed E-state index contributed by atoms with van der Waals surface area (Å²) in [6.45, 7) is 2.04. The molecule has 2 heteroatoms. The molecule has 0 aliphatic carbocycles. The molecule has 0 aromatic rings. The molecule has 0 bridgehead atoms. The second-order valence-corrected chi connectivity index (χ2v) is 1.75. The molecule has 0 saturated heterocycles. The van der Waals surface area contributed by atoms with Crippen molar-refractivity contribution in [2.24, 2.45) is 15.9 Å². The van der Waals surface area contributed by atoms with Gasteiger partial charge < -0.3 is 0 Å². The Hall–Kier alpha value is -0.920. The Bertz CT molecular complexity index is 129. The summed E-state index contributed by atoms with van der Waals surface area (Å²) in [6.07, 6.45) is 7.07. The number of rotatable bonds is 0. The molecular formula is C6H8N2. The smallest absolute Gasteiger partial charge is 0.0447 e. The van der Waals surface area contributed by atoms with Crippen LogP contribution >= 0.6 is 0 Å². The van der Waals surface area contributed by atoms with E-state index in [0.29, 0.717) is 5.92 Å². The average Bonchev–Trinajstić information content (AvgIpc) is 1.94. The van der Waals surface area contributed by atoms with Gasteiger partial charge in [-0.25, -0.2) is 0 Å². The van der Waals surface area contributed by atoms with Crippen LogP contribution in [0.25, 0.3) is 0 Å². The molecule has 0 unspecified atom stereocenters. The quantitative estimate of drug-likeness (QED) is 0.446. The molecule has 0 fully saturated rings. The van der Waals surface area contributed by atoms with Gasteiger partial charge in [-0.3, -0.25) is 9.98 Å². The van der Waals surface area contributed by atoms with Crippen LogP contribution in [-0.2, 0) is 0 Å². The zero-order valence-electron chi connectivity index (χ0n) is 4.78. The van der Waals surface area contributed by atoms with Crippen molar-refractivity contribution in [3.8, 4) is 0 Å². The topological polar surface area (TPSA) is 24.7 Å². The van der Waals surface area contributed by atoms with E-state index in [-0.39, 0.29) is 0 Å². The summed E-state index contributed by atoms with van der Waals surface area (Å²) in [5, 5.41) is 0. The van der Waals surface area contributed by atoms with Gasteiger partial charge in [0.1, 0.15) is 0 Å². The molecule has 8 heavy (non-hydrogen) atoms. The molecule has 0 amide bonds. The Balaban J connectivity index is 2.66. The maximum Gasteiger partial charge on any atom is 0.0447 e. The first-order chi connectivity index (χ1) is 3.89. The van der Waals surface area contributed by atoms with Crippen LogP contribution in [0.15, 0.2) is 22.4 Å². The van der Waals surface area contributed by atoms with Gasteiger partial charge in [-0.05, 0) is 0 Å². The minimum Gasteiger partial charge on any atom is -0.267 e. The van der Waals surface area contributed by atoms with E-state index in [2.05, 4.69) is 9.98 Å². The molecule has 1 rings (SSSR count). The molecule has 0 radical (unpaired) electrons. The molecule has 2 nitrogen and oxygen atoms in total. The van der Waals surface area contributed by atoms with Crippen molar-refractivity contribution in [1.29, 1.82) is 0 Å². The second kappa shape index (κ2) is 2.40. The monoisotopic (exact) mass is 108 g/mol. The lowest BCUT2D eigenvalue weighted by Crippen LogP contribution is -1.94. The van der Waals surface area contributed by atoms with Crippen molar-refractivity contribution < 1.29 is 0 Å². The van der Waals surface area contributed by atoms with Crippen LogP contribution in [0.5, 0.6) is 0 Å². The van der Waals surface area contributed by atoms with Gasteiger partial charge in [0.15, 0.2) is 0 Å². The lowest BCUT2D eigenvalue weighted by atomic mass is 10.2. The highest BCUT2D eigenvalue weighted by Crippen LogP contribution is 1.90. The maximum atomic E-state index is 3.92. The molecule has 0 aromatic carbocycles. The van der Waals surface area contributed by atoms with E-state index in [0.717, 1.165) is 0 Å². The van der Waals surface area contributed by atoms with E-state index < -0.39 is 0 Å². The van der Waals surface area contributed by atoms with E-state index in [1.807, 2.05) is 19.4 Å². The van der Waals surface area contributed by atoms with Crippen LogP contribution in [-0.4, -0.2) is 12.4 Å². The molecule has 1 aliphatic rings. The Morgan fingerprint density at radius 1 is 1.12 bits per heavy atom. The molecule has 0 N–H and O–H groups in total. The molecule has 0 atom stereocenters. The third-order valence-corrected chi connectivity index (χ3v) is 0.881. The second-order valence-electron chi connectivity index (χ2n) is 1.75. The number of nitrogens with zero attached hydrogens (tertiary/aromatic N) is 2. The largest absolute Gasteiger partial charge is 0.267 e. The summed E-state index contributed by atoms with van der Waals surface area (Å²) in [6, 6.07) is 0. The highest BCUT2D eigenvalue weighted by Gasteiger charge is 1.89. The van der Waals surface area contributed by atoms with Gasteiger partial charge in [0, 0.05) is 30.7 Å². The van der Waals surface area contributed by atoms with Crippen molar-refractivity contribution in [3.05, 3.63) is 12.4 Å². The fraction of sp³-hybridized carbons (Fsp3) is 0.333. The van der Waals surface area contributed by atoms with Gasteiger partial charge in [-0.1, -0.05) is 6.92 Å². The minimum atomic E-state index is 0.380. The van der Waals surface area contributed by atoms with Crippen LogP contribution in [0.1, 0.15) is 6.92 Å². The van der Waals surface area contributed by atoms with Crippen molar-refractivity contribution in [1.82, 2.24) is 0 Å². The highest BCUT2D eigenvalue weighted by molar-refractivity contribution is 5.83. The van der Waals surface area contributed by atoms with Gasteiger partial charge in [0.05, 0.1) is 0 Å². The summed E-state index contributed by atoms with van der Waals surface area (Å²) in [5.41, 5.74) is 0. The third kappa shape index (κ3) is 1.30. The fourth-order valence-electron chi connectivity index (χ4n) is 0.486. The molecule has 1 aliphatic heterocycles. The first-order valence-corrected chi connectivity index (χ1v) is 2.61. The lowest BCUT2D eigenvalue weighted by Gasteiger charge is -1.87. The van der Waals surface area contributed by atoms with Gasteiger partial charge in [-0.2, -0.15) is 0 Å². The first-order valence-electron chi connectivity index (χ1n) is 2.61. The predicted octanol–water partition coefficient (Wildman–Crippen LogP) is 1.25. The Kier molecular flexibility index (Phi) is 1.57. The van der Waals surface area contributed by atoms with Gasteiger partial charge in [0.25, 0.3) is 0 Å². The van der Waals surface area contributed by atoms with E-state index in [9.17, 15) is 0 Å². The molecular weight excluding hydrogens is 100 g/mol. The molecule has 0 saturated carbocycles. The van der Waals surface area contributed by atoms with Crippen LogP contribution < -0.4 is 0 Å². The SMILES string of the molecule is CC1C=NC=CN=C1. The minimum absolute atomic E-state index is 0.380. The average molecular weight is 108 g/mol. The highest BCUT2D eigenvalue weighted by atomic mass is 14.8. The Labute approximate surface area is 48.7 Å². The van der Waals surface area contributed by atoms with Crippen LogP contribution in [0, 0.1) is 5.92 Å². The maximum absolute atomic E-state index is 3.92. The summed E-state index contributed by atoms with van der Waals surface area (Å²) in [7, 11) is 0. The van der Waals surface area contributed by atoms with Crippen molar-refractivity contribution in [2.45, 2.75) is 6.92 Å². The van der Waals surface area contributed by atoms with Gasteiger partial charge in [-0.15, -0.1) is 0 Å². The zero-order chi connectivity index (χ0) is 5.82. The number of hydrogen-bond donors (Lipinski definition) is 0. The zero-order valence-corrected chi connectivity index (χ0v) is 4.78. The third-order valence-electron chi connectivity index (χ3n) is 0.881. The van der Waals surface area contributed by atoms with E-state index >= 15 is 0 Å². The van der Waals surface area contributed by atoms with Gasteiger partial charge in [0.2, 0.25) is 0 Å². The van der Waals surface area contributed by atoms with Crippen LogP contribution in [0.2, 0.25) is 0 Å². The van der Waals surface area contributed by atoms with Crippen molar-refractivity contribution in [3.63, 3.8) is 0 Å². The fourth-order valence-corrected chi connectivity index (χ4v) is 0.486. The normalized spacial score (nSPS) is 19.1. The van der Waals surface area contributed by atoms with Crippen LogP contribution in [0.3, 0.4) is 0 Å². The number of aliphatic imine (C=N–C) groups is 2. The molecule has 42 valence electrons. The summed E-state index contributed by atoms with van der Waals surface area (Å²) in [4.78, 5) is 7.84. The van der Waals surface area contributed by atoms with Crippen LogP contribution in [0.4, 0.5) is 0 Å². The van der Waals surface area contributed by atoms with Crippen molar-refractivity contribution >= 4 is 12.4 Å². The summed E-state index contributed by atoms with van der Waals surface area (Å²) >= 11 is 0. The Morgan fingerprint density at radius 2 is 1.62 bits per heavy atom. The van der Waals surface area contributed by atoms with Crippen molar-refractivity contribution in [2.75, 3.05) is 0 Å². The summed E-state index contributed by atoms with van der Waals surface area (Å²) < 4.78 is 0. The Morgan fingerprint density at radius 3 is 2.12 bits per heavy atom. The standard InChI is InChI=1S/C6H8N2/c1-6-4-7-2-3-8-5-6/h2-6H,1H3. The molecule has 1 heterocycles. The predicted molar refractivity (Wildman–Crippen MR) is 35.3 cm³/mol. The molecule has 0 spiro atoms. The lowest BCUT2D eigenvalue weighted by molar-refractivity contribution is 1.12. The van der Waals surface area contributed by atoms with E-state index in [1.54, 1.807) is 12.4 Å². The molecule has 0 aromatic heterocycles. The van der Waals surface area contributed by atoms with E-state index in [4.69, 9.17) is 0 Å². The van der Waals surface area contributed by atoms with E-state index in [1.165, 1.54) is 0 Å². The first kappa shape index (κ1) is 5.22. The number of hydrogen-bond acceptors (Lipinski definition) is 2. The van der Waals surface area contributed by atoms with Gasteiger partial charge >= 0.3 is 0 Å². The summed E-state index contributed by atoms with van der Waals surface area (Å²) in [5.74, 6) is 0.380.